The van der Waals surface area contributed by atoms with Crippen LogP contribution in [0.2, 0.25) is 0 Å². The van der Waals surface area contributed by atoms with E-state index < -0.39 is 13.1 Å². The topological polar surface area (TPSA) is 31.4 Å². The molecule has 0 saturated carbocycles. The molecule has 0 spiro atoms. The van der Waals surface area contributed by atoms with E-state index in [9.17, 15) is 4.39 Å². The van der Waals surface area contributed by atoms with E-state index >= 15 is 0 Å². The average Bonchev–Trinajstić information content (AvgIpc) is 2.49. The molecule has 5 heteroatoms. The van der Waals surface area contributed by atoms with Crippen LogP contribution in [-0.4, -0.2) is 23.3 Å². The van der Waals surface area contributed by atoms with Crippen LogP contribution in [0.25, 0.3) is 6.08 Å². The predicted molar refractivity (Wildman–Crippen MR) is 74.0 cm³/mol. The lowest BCUT2D eigenvalue weighted by Crippen LogP contribution is -2.41. The zero-order valence-electron chi connectivity index (χ0n) is 12.0. The molecule has 0 radical (unpaired) electrons. The fourth-order valence-corrected chi connectivity index (χ4v) is 1.83. The number of hydrogen-bond donors (Lipinski definition) is 0. The van der Waals surface area contributed by atoms with Gasteiger partial charge in [0.2, 0.25) is 5.95 Å². The first kappa shape index (κ1) is 14.2. The van der Waals surface area contributed by atoms with E-state index in [2.05, 4.69) is 4.98 Å². The Kier molecular flexibility index (Phi) is 3.54. The van der Waals surface area contributed by atoms with Crippen molar-refractivity contribution in [1.29, 1.82) is 0 Å². The van der Waals surface area contributed by atoms with E-state index in [1.807, 2.05) is 34.6 Å². The molecule has 2 rings (SSSR count). The van der Waals surface area contributed by atoms with Crippen LogP contribution < -0.4 is 0 Å². The summed E-state index contributed by atoms with van der Waals surface area (Å²) in [5.41, 5.74) is 0.766. The number of pyridine rings is 1. The standard InChI is InChI=1S/C14H19BFNO2/c1-10-6-7-12(16)17-11(10)8-9-15-18-13(2,3)14(4,5)19-15/h6-9H,1-5H3/b9-8+. The minimum absolute atomic E-state index is 0.369. The second-order valence-electron chi connectivity index (χ2n) is 5.82. The van der Waals surface area contributed by atoms with E-state index in [4.69, 9.17) is 9.31 Å². The summed E-state index contributed by atoms with van der Waals surface area (Å²) in [4.78, 5) is 3.84. The molecule has 0 aromatic carbocycles. The summed E-state index contributed by atoms with van der Waals surface area (Å²) in [7, 11) is -0.436. The predicted octanol–water partition coefficient (Wildman–Crippen LogP) is 3.17. The smallest absolute Gasteiger partial charge is 0.400 e. The van der Waals surface area contributed by atoms with Crippen LogP contribution in [0.5, 0.6) is 0 Å². The molecule has 1 aromatic heterocycles. The molecule has 0 atom stereocenters. The number of hydrogen-bond acceptors (Lipinski definition) is 3. The largest absolute Gasteiger partial charge is 0.487 e. The lowest BCUT2D eigenvalue weighted by atomic mass is 9.89. The highest BCUT2D eigenvalue weighted by molar-refractivity contribution is 6.52. The number of aryl methyl sites for hydroxylation is 1. The van der Waals surface area contributed by atoms with Gasteiger partial charge in [-0.2, -0.15) is 4.39 Å². The number of rotatable bonds is 2. The third-order valence-corrected chi connectivity index (χ3v) is 3.78. The lowest BCUT2D eigenvalue weighted by Gasteiger charge is -2.32. The Hall–Kier alpha value is -1.20. The molecule has 2 heterocycles. The van der Waals surface area contributed by atoms with Crippen LogP contribution in [0.15, 0.2) is 18.1 Å². The van der Waals surface area contributed by atoms with Gasteiger partial charge in [0.1, 0.15) is 0 Å². The SMILES string of the molecule is Cc1ccc(F)nc1/C=C/B1OC(C)(C)C(C)(C)O1. The molecule has 1 aliphatic heterocycles. The van der Waals surface area contributed by atoms with Crippen molar-refractivity contribution in [2.75, 3.05) is 0 Å². The second-order valence-corrected chi connectivity index (χ2v) is 5.82. The second kappa shape index (κ2) is 4.73. The number of nitrogens with zero attached hydrogens (tertiary/aromatic N) is 1. The quantitative estimate of drug-likeness (QED) is 0.606. The molecule has 102 valence electrons. The molecule has 0 bridgehead atoms. The van der Waals surface area contributed by atoms with Crippen molar-refractivity contribution < 1.29 is 13.7 Å². The number of aromatic nitrogens is 1. The minimum atomic E-state index is -0.487. The summed E-state index contributed by atoms with van der Waals surface area (Å²) in [6.45, 7) is 9.86. The fraction of sp³-hybridized carbons (Fsp3) is 0.500. The van der Waals surface area contributed by atoms with Crippen molar-refractivity contribution in [2.24, 2.45) is 0 Å². The van der Waals surface area contributed by atoms with Gasteiger partial charge < -0.3 is 9.31 Å². The van der Waals surface area contributed by atoms with Gasteiger partial charge in [0.05, 0.1) is 16.9 Å². The van der Waals surface area contributed by atoms with Gasteiger partial charge in [-0.3, -0.25) is 0 Å². The third-order valence-electron chi connectivity index (χ3n) is 3.78. The lowest BCUT2D eigenvalue weighted by molar-refractivity contribution is 0.00578. The van der Waals surface area contributed by atoms with Gasteiger partial charge in [0.25, 0.3) is 0 Å². The Bertz CT molecular complexity index is 498. The van der Waals surface area contributed by atoms with Crippen LogP contribution >= 0.6 is 0 Å². The van der Waals surface area contributed by atoms with Gasteiger partial charge in [0.15, 0.2) is 0 Å². The van der Waals surface area contributed by atoms with Crippen LogP contribution in [0, 0.1) is 12.9 Å². The van der Waals surface area contributed by atoms with E-state index in [-0.39, 0.29) is 11.2 Å². The Morgan fingerprint density at radius 2 is 1.74 bits per heavy atom. The van der Waals surface area contributed by atoms with E-state index in [0.29, 0.717) is 5.69 Å². The molecule has 1 saturated heterocycles. The summed E-state index contributed by atoms with van der Waals surface area (Å²) in [6.07, 6.45) is 1.74. The molecule has 1 aromatic rings. The molecule has 3 nitrogen and oxygen atoms in total. The first-order chi connectivity index (χ1) is 8.71. The fourth-order valence-electron chi connectivity index (χ4n) is 1.83. The molecule has 0 unspecified atom stereocenters. The van der Waals surface area contributed by atoms with Crippen molar-refractivity contribution in [2.45, 2.75) is 45.8 Å². The summed E-state index contributed by atoms with van der Waals surface area (Å²) in [6, 6.07) is 3.05. The molecule has 1 fully saturated rings. The van der Waals surface area contributed by atoms with Crippen molar-refractivity contribution in [3.8, 4) is 0 Å². The Morgan fingerprint density at radius 3 is 2.32 bits per heavy atom. The van der Waals surface area contributed by atoms with Gasteiger partial charge in [0, 0.05) is 0 Å². The molecule has 0 N–H and O–H groups in total. The van der Waals surface area contributed by atoms with Crippen molar-refractivity contribution in [1.82, 2.24) is 4.98 Å². The van der Waals surface area contributed by atoms with E-state index in [1.54, 1.807) is 18.1 Å². The van der Waals surface area contributed by atoms with Gasteiger partial charge in [-0.25, -0.2) is 4.98 Å². The van der Waals surface area contributed by atoms with Gasteiger partial charge in [-0.05, 0) is 52.3 Å². The molecule has 19 heavy (non-hydrogen) atoms. The van der Waals surface area contributed by atoms with E-state index in [1.165, 1.54) is 6.07 Å². The van der Waals surface area contributed by atoms with Crippen LogP contribution in [0.4, 0.5) is 4.39 Å². The number of halogens is 1. The Morgan fingerprint density at radius 1 is 1.16 bits per heavy atom. The van der Waals surface area contributed by atoms with Crippen molar-refractivity contribution >= 4 is 13.2 Å². The average molecular weight is 263 g/mol. The maximum Gasteiger partial charge on any atom is 0.487 e. The Labute approximate surface area is 114 Å². The Balaban J connectivity index is 2.15. The molecule has 0 amide bonds. The summed E-state index contributed by atoms with van der Waals surface area (Å²) >= 11 is 0. The van der Waals surface area contributed by atoms with E-state index in [0.717, 1.165) is 5.56 Å². The summed E-state index contributed by atoms with van der Waals surface area (Å²) in [5, 5.41) is 0. The van der Waals surface area contributed by atoms with Crippen molar-refractivity contribution in [3.05, 3.63) is 35.3 Å². The molecule has 1 aliphatic rings. The van der Waals surface area contributed by atoms with Crippen LogP contribution in [0.3, 0.4) is 0 Å². The van der Waals surface area contributed by atoms with Crippen LogP contribution in [0.1, 0.15) is 39.0 Å². The maximum absolute atomic E-state index is 13.1. The summed E-state index contributed by atoms with van der Waals surface area (Å²) < 4.78 is 24.7. The van der Waals surface area contributed by atoms with Gasteiger partial charge in [-0.1, -0.05) is 12.0 Å². The highest BCUT2D eigenvalue weighted by Crippen LogP contribution is 2.37. The monoisotopic (exact) mass is 263 g/mol. The van der Waals surface area contributed by atoms with Gasteiger partial charge in [-0.15, -0.1) is 0 Å². The van der Waals surface area contributed by atoms with Crippen LogP contribution in [-0.2, 0) is 9.31 Å². The maximum atomic E-state index is 13.1. The van der Waals surface area contributed by atoms with Crippen molar-refractivity contribution in [3.63, 3.8) is 0 Å². The minimum Gasteiger partial charge on any atom is -0.400 e. The molecular weight excluding hydrogens is 244 g/mol. The van der Waals surface area contributed by atoms with Gasteiger partial charge >= 0.3 is 7.12 Å². The molecular formula is C14H19BFNO2. The zero-order chi connectivity index (χ0) is 14.3. The zero-order valence-corrected chi connectivity index (χ0v) is 12.0. The normalized spacial score (nSPS) is 21.3. The highest BCUT2D eigenvalue weighted by Gasteiger charge is 2.50. The molecule has 0 aliphatic carbocycles. The first-order valence-electron chi connectivity index (χ1n) is 6.38. The third kappa shape index (κ3) is 2.87. The summed E-state index contributed by atoms with van der Waals surface area (Å²) in [5.74, 6) is 1.28. The highest BCUT2D eigenvalue weighted by atomic mass is 19.1. The first-order valence-corrected chi connectivity index (χ1v) is 6.38.